The number of rotatable bonds is 3. The fraction of sp³-hybridized carbons (Fsp3) is 0.400. The first-order chi connectivity index (χ1) is 15.1. The van der Waals surface area contributed by atoms with Crippen molar-refractivity contribution in [3.8, 4) is 0 Å². The van der Waals surface area contributed by atoms with Crippen LogP contribution >= 0.6 is 22.9 Å². The molecule has 2 aliphatic rings. The van der Waals surface area contributed by atoms with E-state index >= 15 is 0 Å². The van der Waals surface area contributed by atoms with Gasteiger partial charge in [-0.2, -0.15) is 13.2 Å². The number of aliphatic imine (C=N–C) groups is 1. The summed E-state index contributed by atoms with van der Waals surface area (Å²) in [5.41, 5.74) is 0.819. The van der Waals surface area contributed by atoms with Crippen molar-refractivity contribution in [2.75, 3.05) is 31.1 Å². The maximum Gasteiger partial charge on any atom is 0.425 e. The molecule has 2 aromatic rings. The predicted molar refractivity (Wildman–Crippen MR) is 115 cm³/mol. The molecular weight excluding hydrogens is 470 g/mol. The molecule has 4 rings (SSSR count). The fourth-order valence-corrected chi connectivity index (χ4v) is 4.67. The molecule has 0 aliphatic carbocycles. The summed E-state index contributed by atoms with van der Waals surface area (Å²) in [6.45, 7) is 4.20. The Bertz CT molecular complexity index is 1040. The minimum atomic E-state index is -4.40. The van der Waals surface area contributed by atoms with Gasteiger partial charge in [-0.15, -0.1) is 11.3 Å². The van der Waals surface area contributed by atoms with Crippen LogP contribution in [0.5, 0.6) is 0 Å². The van der Waals surface area contributed by atoms with Crippen molar-refractivity contribution >= 4 is 40.6 Å². The number of carbonyl (C=O) groups is 1. The molecule has 12 heteroatoms. The van der Waals surface area contributed by atoms with Crippen LogP contribution in [0, 0.1) is 5.82 Å². The molecule has 0 bridgehead atoms. The molecule has 1 saturated heterocycles. The van der Waals surface area contributed by atoms with Crippen molar-refractivity contribution < 1.29 is 22.4 Å². The number of guanidine groups is 1. The highest BCUT2D eigenvalue weighted by atomic mass is 35.5. The summed E-state index contributed by atoms with van der Waals surface area (Å²) < 4.78 is 51.9. The first kappa shape index (κ1) is 22.7. The van der Waals surface area contributed by atoms with E-state index in [-0.39, 0.29) is 11.6 Å². The third-order valence-corrected chi connectivity index (χ3v) is 6.76. The van der Waals surface area contributed by atoms with Crippen LogP contribution in [0.2, 0.25) is 5.02 Å². The van der Waals surface area contributed by atoms with Gasteiger partial charge in [-0.25, -0.2) is 14.2 Å². The van der Waals surface area contributed by atoms with Gasteiger partial charge < -0.3 is 9.80 Å². The topological polar surface area (TPSA) is 51.2 Å². The Morgan fingerprint density at radius 1 is 1.16 bits per heavy atom. The first-order valence-corrected chi connectivity index (χ1v) is 11.1. The Hall–Kier alpha value is -2.53. The number of amides is 2. The van der Waals surface area contributed by atoms with E-state index in [1.807, 2.05) is 4.90 Å². The zero-order chi connectivity index (χ0) is 23.0. The number of thiophene rings is 1. The summed E-state index contributed by atoms with van der Waals surface area (Å²) in [5.74, 6) is -0.0262. The summed E-state index contributed by atoms with van der Waals surface area (Å²) in [5, 5.41) is 2.82. The number of benzene rings is 1. The molecule has 1 atom stereocenters. The molecule has 1 fully saturated rings. The number of halogens is 5. The molecule has 6 nitrogen and oxygen atoms in total. The van der Waals surface area contributed by atoms with Crippen LogP contribution in [-0.2, 0) is 12.7 Å². The highest BCUT2D eigenvalue weighted by Crippen LogP contribution is 2.35. The number of hydrogen-bond donors (Lipinski definition) is 1. The zero-order valence-electron chi connectivity index (χ0n) is 17.0. The van der Waals surface area contributed by atoms with E-state index < -0.39 is 29.1 Å². The van der Waals surface area contributed by atoms with Crippen molar-refractivity contribution in [3.63, 3.8) is 0 Å². The summed E-state index contributed by atoms with van der Waals surface area (Å²) in [6.07, 6.45) is -4.92. The Morgan fingerprint density at radius 2 is 1.84 bits per heavy atom. The molecule has 0 spiro atoms. The van der Waals surface area contributed by atoms with Crippen molar-refractivity contribution in [2.24, 2.45) is 4.99 Å². The van der Waals surface area contributed by atoms with Gasteiger partial charge in [0.2, 0.25) is 5.96 Å². The van der Waals surface area contributed by atoms with Crippen molar-refractivity contribution in [1.82, 2.24) is 15.1 Å². The molecule has 1 N–H and O–H groups in total. The maximum absolute atomic E-state index is 13.4. The molecule has 0 radical (unpaired) electrons. The van der Waals surface area contributed by atoms with Gasteiger partial charge in [0.25, 0.3) is 0 Å². The smallest absolute Gasteiger partial charge is 0.368 e. The highest BCUT2D eigenvalue weighted by Gasteiger charge is 2.34. The Morgan fingerprint density at radius 3 is 2.44 bits per heavy atom. The third-order valence-electron chi connectivity index (χ3n) is 5.35. The van der Waals surface area contributed by atoms with Gasteiger partial charge in [0.1, 0.15) is 16.9 Å². The highest BCUT2D eigenvalue weighted by molar-refractivity contribution is 7.12. The molecular formula is C20H20ClF4N5OS. The van der Waals surface area contributed by atoms with E-state index in [2.05, 4.69) is 15.2 Å². The Balaban J connectivity index is 1.38. The van der Waals surface area contributed by atoms with E-state index in [9.17, 15) is 22.4 Å². The quantitative estimate of drug-likeness (QED) is 0.641. The molecule has 3 heterocycles. The average molecular weight is 490 g/mol. The number of alkyl halides is 3. The lowest BCUT2D eigenvalue weighted by Gasteiger charge is -2.40. The van der Waals surface area contributed by atoms with Crippen molar-refractivity contribution in [2.45, 2.75) is 25.8 Å². The number of urea groups is 1. The standard InChI is InChI=1S/C20H20ClF4N5OS/c1-12-26-18(27-19(31)30(12)11-14-3-5-17(32-14)20(23,24)25)29-8-6-28(7-9-29)13-2-4-16(22)15(21)10-13/h2-5,10,12H,6-9,11H2,1H3,(H,26,27,31). The second-order valence-electron chi connectivity index (χ2n) is 7.48. The van der Waals surface area contributed by atoms with E-state index in [0.717, 1.165) is 11.8 Å². The Kier molecular flexibility index (Phi) is 6.22. The number of anilines is 1. The van der Waals surface area contributed by atoms with Crippen molar-refractivity contribution in [1.29, 1.82) is 0 Å². The van der Waals surface area contributed by atoms with E-state index in [1.54, 1.807) is 19.1 Å². The molecule has 1 aromatic carbocycles. The average Bonchev–Trinajstić information content (AvgIpc) is 3.22. The van der Waals surface area contributed by atoms with Crippen LogP contribution in [-0.4, -0.2) is 54.1 Å². The summed E-state index contributed by atoms with van der Waals surface area (Å²) >= 11 is 6.49. The monoisotopic (exact) mass is 489 g/mol. The number of nitrogens with zero attached hydrogens (tertiary/aromatic N) is 4. The van der Waals surface area contributed by atoms with Gasteiger partial charge in [-0.05, 0) is 37.3 Å². The lowest BCUT2D eigenvalue weighted by atomic mass is 10.2. The normalized spacial score (nSPS) is 19.8. The molecule has 172 valence electrons. The predicted octanol–water partition coefficient (Wildman–Crippen LogP) is 4.61. The van der Waals surface area contributed by atoms with Gasteiger partial charge in [-0.1, -0.05) is 11.6 Å². The fourth-order valence-electron chi connectivity index (χ4n) is 3.62. The van der Waals surface area contributed by atoms with Gasteiger partial charge in [-0.3, -0.25) is 10.2 Å². The largest absolute Gasteiger partial charge is 0.425 e. The van der Waals surface area contributed by atoms with Gasteiger partial charge >= 0.3 is 12.2 Å². The zero-order valence-corrected chi connectivity index (χ0v) is 18.6. The van der Waals surface area contributed by atoms with Crippen LogP contribution in [0.25, 0.3) is 0 Å². The van der Waals surface area contributed by atoms with E-state index in [4.69, 9.17) is 11.6 Å². The van der Waals surface area contributed by atoms with E-state index in [0.29, 0.717) is 48.4 Å². The van der Waals surface area contributed by atoms with Gasteiger partial charge in [0.05, 0.1) is 11.6 Å². The van der Waals surface area contributed by atoms with Gasteiger partial charge in [0, 0.05) is 36.7 Å². The van der Waals surface area contributed by atoms with Crippen LogP contribution in [0.15, 0.2) is 35.3 Å². The molecule has 32 heavy (non-hydrogen) atoms. The van der Waals surface area contributed by atoms with Crippen LogP contribution in [0.4, 0.5) is 28.0 Å². The summed E-state index contributed by atoms with van der Waals surface area (Å²) in [4.78, 5) is 22.3. The van der Waals surface area contributed by atoms with Crippen LogP contribution in [0.3, 0.4) is 0 Å². The van der Waals surface area contributed by atoms with Crippen LogP contribution in [0.1, 0.15) is 16.7 Å². The number of nitrogens with one attached hydrogen (secondary N) is 1. The summed E-state index contributed by atoms with van der Waals surface area (Å²) in [6, 6.07) is 6.59. The Labute approximate surface area is 191 Å². The maximum atomic E-state index is 13.4. The van der Waals surface area contributed by atoms with Crippen LogP contribution < -0.4 is 10.2 Å². The van der Waals surface area contributed by atoms with E-state index in [1.165, 1.54) is 17.0 Å². The second-order valence-corrected chi connectivity index (χ2v) is 9.05. The summed E-state index contributed by atoms with van der Waals surface area (Å²) in [7, 11) is 0. The molecule has 2 amide bonds. The van der Waals surface area contributed by atoms with Crippen molar-refractivity contribution in [3.05, 3.63) is 50.9 Å². The number of piperazine rings is 1. The second kappa shape index (κ2) is 8.78. The molecule has 2 aliphatic heterocycles. The lowest BCUT2D eigenvalue weighted by Crippen LogP contribution is -2.59. The van der Waals surface area contributed by atoms with Gasteiger partial charge in [0.15, 0.2) is 0 Å². The first-order valence-electron chi connectivity index (χ1n) is 9.88. The lowest BCUT2D eigenvalue weighted by molar-refractivity contribution is -0.134. The SMILES string of the molecule is CC1N=C(N2CCN(c3ccc(F)c(Cl)c3)CC2)NC(=O)N1Cc1ccc(C(F)(F)F)s1. The third kappa shape index (κ3) is 4.78. The molecule has 0 saturated carbocycles. The number of carbonyl (C=O) groups excluding carboxylic acids is 1. The minimum Gasteiger partial charge on any atom is -0.368 e. The minimum absolute atomic E-state index is 0.0453. The number of hydrogen-bond acceptors (Lipinski definition) is 5. The molecule has 1 unspecified atom stereocenters. The molecule has 1 aromatic heterocycles.